The van der Waals surface area contributed by atoms with Crippen LogP contribution in [0.1, 0.15) is 35.2 Å². The Hall–Kier alpha value is -1.17. The highest BCUT2D eigenvalue weighted by Gasteiger charge is 2.07. The lowest BCUT2D eigenvalue weighted by Gasteiger charge is -2.04. The number of halogens is 1. The van der Waals surface area contributed by atoms with Gasteiger partial charge in [0.2, 0.25) is 0 Å². The van der Waals surface area contributed by atoms with Crippen molar-refractivity contribution in [3.05, 3.63) is 51.6 Å². The molecule has 0 aliphatic heterocycles. The van der Waals surface area contributed by atoms with Crippen LogP contribution in [0, 0.1) is 10.5 Å². The molecular weight excluding hydrogens is 351 g/mol. The van der Waals surface area contributed by atoms with E-state index in [1.807, 2.05) is 35.3 Å². The SMILES string of the molecule is Cc1ccc(C(=O)CCCCn2ccnc2)cc1I. The Kier molecular flexibility index (Phi) is 5.13. The molecule has 0 saturated heterocycles. The lowest BCUT2D eigenvalue weighted by atomic mass is 10.0. The maximum Gasteiger partial charge on any atom is 0.162 e. The van der Waals surface area contributed by atoms with Gasteiger partial charge in [0.05, 0.1) is 6.33 Å². The van der Waals surface area contributed by atoms with E-state index in [4.69, 9.17) is 0 Å². The number of aromatic nitrogens is 2. The van der Waals surface area contributed by atoms with Gasteiger partial charge in [-0.1, -0.05) is 12.1 Å². The van der Waals surface area contributed by atoms with Gasteiger partial charge in [0.25, 0.3) is 0 Å². The van der Waals surface area contributed by atoms with E-state index in [0.29, 0.717) is 6.42 Å². The van der Waals surface area contributed by atoms with E-state index in [1.54, 1.807) is 6.20 Å². The average Bonchev–Trinajstić information content (AvgIpc) is 2.91. The van der Waals surface area contributed by atoms with Crippen LogP contribution in [-0.4, -0.2) is 15.3 Å². The van der Waals surface area contributed by atoms with E-state index in [-0.39, 0.29) is 5.78 Å². The first-order valence-corrected chi connectivity index (χ1v) is 7.50. The van der Waals surface area contributed by atoms with Gasteiger partial charge in [-0.3, -0.25) is 4.79 Å². The van der Waals surface area contributed by atoms with Gasteiger partial charge in [-0.25, -0.2) is 4.98 Å². The molecule has 2 rings (SSSR count). The zero-order valence-corrected chi connectivity index (χ0v) is 13.1. The highest BCUT2D eigenvalue weighted by molar-refractivity contribution is 14.1. The molecule has 0 aliphatic carbocycles. The number of benzene rings is 1. The van der Waals surface area contributed by atoms with Crippen LogP contribution in [-0.2, 0) is 6.54 Å². The van der Waals surface area contributed by atoms with Crippen molar-refractivity contribution < 1.29 is 4.79 Å². The number of carbonyl (C=O) groups excluding carboxylic acids is 1. The molecule has 3 nitrogen and oxygen atoms in total. The van der Waals surface area contributed by atoms with Crippen molar-refractivity contribution in [3.63, 3.8) is 0 Å². The van der Waals surface area contributed by atoms with Crippen LogP contribution in [0.3, 0.4) is 0 Å². The molecule has 0 unspecified atom stereocenters. The van der Waals surface area contributed by atoms with Gasteiger partial charge < -0.3 is 4.57 Å². The van der Waals surface area contributed by atoms with E-state index >= 15 is 0 Å². The van der Waals surface area contributed by atoms with Gasteiger partial charge in [0.1, 0.15) is 0 Å². The van der Waals surface area contributed by atoms with Crippen LogP contribution in [0.4, 0.5) is 0 Å². The largest absolute Gasteiger partial charge is 0.337 e. The second-order valence-corrected chi connectivity index (χ2v) is 5.81. The summed E-state index contributed by atoms with van der Waals surface area (Å²) in [6, 6.07) is 5.92. The van der Waals surface area contributed by atoms with Gasteiger partial charge in [-0.2, -0.15) is 0 Å². The minimum Gasteiger partial charge on any atom is -0.337 e. The van der Waals surface area contributed by atoms with E-state index in [0.717, 1.165) is 28.5 Å². The third-order valence-electron chi connectivity index (χ3n) is 3.12. The van der Waals surface area contributed by atoms with Crippen molar-refractivity contribution in [1.29, 1.82) is 0 Å². The van der Waals surface area contributed by atoms with Crippen molar-refractivity contribution in [3.8, 4) is 0 Å². The summed E-state index contributed by atoms with van der Waals surface area (Å²) < 4.78 is 3.20. The Labute approximate surface area is 127 Å². The maximum absolute atomic E-state index is 12.0. The van der Waals surface area contributed by atoms with E-state index in [9.17, 15) is 4.79 Å². The Balaban J connectivity index is 1.79. The van der Waals surface area contributed by atoms with E-state index in [1.165, 1.54) is 5.56 Å². The molecule has 1 aromatic heterocycles. The fraction of sp³-hybridized carbons (Fsp3) is 0.333. The monoisotopic (exact) mass is 368 g/mol. The number of ketones is 1. The summed E-state index contributed by atoms with van der Waals surface area (Å²) in [7, 11) is 0. The Morgan fingerprint density at radius 2 is 2.21 bits per heavy atom. The van der Waals surface area contributed by atoms with Gasteiger partial charge in [0, 0.05) is 34.5 Å². The summed E-state index contributed by atoms with van der Waals surface area (Å²) in [4.78, 5) is 16.0. The zero-order valence-electron chi connectivity index (χ0n) is 11.0. The third kappa shape index (κ3) is 4.16. The molecule has 0 fully saturated rings. The number of carbonyl (C=O) groups is 1. The number of hydrogen-bond donors (Lipinski definition) is 0. The van der Waals surface area contributed by atoms with Crippen molar-refractivity contribution >= 4 is 28.4 Å². The molecule has 0 radical (unpaired) electrons. The van der Waals surface area contributed by atoms with Crippen molar-refractivity contribution in [1.82, 2.24) is 9.55 Å². The number of unbranched alkanes of at least 4 members (excludes halogenated alkanes) is 1. The summed E-state index contributed by atoms with van der Waals surface area (Å²) in [6.07, 6.45) is 8.08. The quantitative estimate of drug-likeness (QED) is 0.441. The van der Waals surface area contributed by atoms with Crippen LogP contribution in [0.25, 0.3) is 0 Å². The predicted octanol–water partition coefficient (Wildman–Crippen LogP) is 3.85. The Morgan fingerprint density at radius 3 is 2.89 bits per heavy atom. The lowest BCUT2D eigenvalue weighted by molar-refractivity contribution is 0.0979. The second kappa shape index (κ2) is 6.84. The van der Waals surface area contributed by atoms with Crippen molar-refractivity contribution in [2.75, 3.05) is 0 Å². The van der Waals surface area contributed by atoms with Crippen molar-refractivity contribution in [2.45, 2.75) is 32.7 Å². The molecule has 19 heavy (non-hydrogen) atoms. The molecule has 2 aromatic rings. The number of imidazole rings is 1. The number of aryl methyl sites for hydroxylation is 2. The topological polar surface area (TPSA) is 34.9 Å². The van der Waals surface area contributed by atoms with Gasteiger partial charge in [0.15, 0.2) is 5.78 Å². The predicted molar refractivity (Wildman–Crippen MR) is 84.3 cm³/mol. The van der Waals surface area contributed by atoms with E-state index in [2.05, 4.69) is 34.5 Å². The molecule has 0 saturated carbocycles. The fourth-order valence-corrected chi connectivity index (χ4v) is 2.42. The van der Waals surface area contributed by atoms with Crippen LogP contribution < -0.4 is 0 Å². The third-order valence-corrected chi connectivity index (χ3v) is 4.29. The van der Waals surface area contributed by atoms with Crippen LogP contribution in [0.5, 0.6) is 0 Å². The highest BCUT2D eigenvalue weighted by Crippen LogP contribution is 2.15. The second-order valence-electron chi connectivity index (χ2n) is 4.64. The summed E-state index contributed by atoms with van der Waals surface area (Å²) >= 11 is 2.27. The maximum atomic E-state index is 12.0. The molecule has 100 valence electrons. The Morgan fingerprint density at radius 1 is 1.37 bits per heavy atom. The van der Waals surface area contributed by atoms with Crippen LogP contribution in [0.2, 0.25) is 0 Å². The molecule has 1 heterocycles. The molecule has 0 amide bonds. The molecule has 1 aromatic carbocycles. The van der Waals surface area contributed by atoms with Gasteiger partial charge in [-0.05, 0) is 54.0 Å². The first-order chi connectivity index (χ1) is 9.16. The molecule has 0 bridgehead atoms. The summed E-state index contributed by atoms with van der Waals surface area (Å²) in [5, 5.41) is 0. The molecule has 0 N–H and O–H groups in total. The average molecular weight is 368 g/mol. The first kappa shape index (κ1) is 14.2. The normalized spacial score (nSPS) is 10.6. The van der Waals surface area contributed by atoms with Crippen LogP contribution in [0.15, 0.2) is 36.9 Å². The molecule has 0 atom stereocenters. The summed E-state index contributed by atoms with van der Waals surface area (Å²) in [6.45, 7) is 2.99. The van der Waals surface area contributed by atoms with E-state index < -0.39 is 0 Å². The van der Waals surface area contributed by atoms with Gasteiger partial charge in [-0.15, -0.1) is 0 Å². The van der Waals surface area contributed by atoms with Gasteiger partial charge >= 0.3 is 0 Å². The van der Waals surface area contributed by atoms with Crippen molar-refractivity contribution in [2.24, 2.45) is 0 Å². The molecular formula is C15H17IN2O. The summed E-state index contributed by atoms with van der Waals surface area (Å²) in [5.41, 5.74) is 2.05. The molecule has 4 heteroatoms. The molecule has 0 aliphatic rings. The number of Topliss-reactive ketones (excluding diaryl/α,β-unsaturated/α-hetero) is 1. The number of hydrogen-bond acceptors (Lipinski definition) is 2. The van der Waals surface area contributed by atoms with Crippen LogP contribution >= 0.6 is 22.6 Å². The summed E-state index contributed by atoms with van der Waals surface area (Å²) in [5.74, 6) is 0.239. The minimum absolute atomic E-state index is 0.239. The first-order valence-electron chi connectivity index (χ1n) is 6.42. The highest BCUT2D eigenvalue weighted by atomic mass is 127. The molecule has 0 spiro atoms. The zero-order chi connectivity index (χ0) is 13.7. The number of rotatable bonds is 6. The standard InChI is InChI=1S/C15H17IN2O/c1-12-5-6-13(10-14(12)16)15(19)4-2-3-8-18-9-7-17-11-18/h5-7,9-11H,2-4,8H2,1H3. The Bertz CT molecular complexity index is 549. The lowest BCUT2D eigenvalue weighted by Crippen LogP contribution is -2.01. The smallest absolute Gasteiger partial charge is 0.162 e. The minimum atomic E-state index is 0.239. The fourth-order valence-electron chi connectivity index (χ4n) is 1.91. The number of nitrogens with zero attached hydrogens (tertiary/aromatic N) is 2.